The van der Waals surface area contributed by atoms with Gasteiger partial charge in [-0.3, -0.25) is 0 Å². The average Bonchev–Trinajstić information content (AvgIpc) is 2.16. The van der Waals surface area contributed by atoms with E-state index in [0.29, 0.717) is 12.8 Å². The van der Waals surface area contributed by atoms with Gasteiger partial charge in [-0.25, -0.2) is 0 Å². The highest BCUT2D eigenvalue weighted by atomic mass is 16.3. The molecule has 0 aliphatic heterocycles. The van der Waals surface area contributed by atoms with Crippen LogP contribution < -0.4 is 0 Å². The normalized spacial score (nSPS) is 15.7. The summed E-state index contributed by atoms with van der Waals surface area (Å²) < 4.78 is 0. The number of aliphatic hydroxyl groups excluding tert-OH is 3. The third-order valence-corrected chi connectivity index (χ3v) is 2.28. The van der Waals surface area contributed by atoms with Gasteiger partial charge >= 0.3 is 0 Å². The van der Waals surface area contributed by atoms with Gasteiger partial charge in [0.1, 0.15) is 0 Å². The van der Waals surface area contributed by atoms with Crippen molar-refractivity contribution in [2.24, 2.45) is 0 Å². The Balaban J connectivity index is 3.24. The Labute approximate surface area is 92.4 Å². The lowest BCUT2D eigenvalue weighted by Crippen LogP contribution is -2.06. The van der Waals surface area contributed by atoms with Crippen LogP contribution in [-0.4, -0.2) is 34.1 Å². The Bertz CT molecular complexity index is 155. The van der Waals surface area contributed by atoms with E-state index in [9.17, 15) is 5.11 Å². The molecular formula is C12H24O3. The van der Waals surface area contributed by atoms with E-state index in [4.69, 9.17) is 10.2 Å². The molecule has 0 aromatic rings. The van der Waals surface area contributed by atoms with E-state index in [1.165, 1.54) is 0 Å². The highest BCUT2D eigenvalue weighted by molar-refractivity contribution is 4.83. The third-order valence-electron chi connectivity index (χ3n) is 2.28. The van der Waals surface area contributed by atoms with Crippen LogP contribution in [0, 0.1) is 0 Å². The first-order chi connectivity index (χ1) is 7.16. The van der Waals surface area contributed by atoms with Gasteiger partial charge in [0, 0.05) is 6.61 Å². The van der Waals surface area contributed by atoms with Gasteiger partial charge in [0.25, 0.3) is 0 Å². The molecule has 0 heterocycles. The van der Waals surface area contributed by atoms with Crippen LogP contribution in [-0.2, 0) is 0 Å². The fourth-order valence-electron chi connectivity index (χ4n) is 1.34. The van der Waals surface area contributed by atoms with Crippen molar-refractivity contribution in [2.75, 3.05) is 6.61 Å². The number of aliphatic hydroxyl groups is 3. The van der Waals surface area contributed by atoms with Crippen LogP contribution in [0.5, 0.6) is 0 Å². The maximum Gasteiger partial charge on any atom is 0.0596 e. The van der Waals surface area contributed by atoms with Gasteiger partial charge in [-0.15, -0.1) is 0 Å². The molecule has 3 heteroatoms. The fraction of sp³-hybridized carbons (Fsp3) is 0.833. The molecule has 0 aromatic heterocycles. The second-order valence-corrected chi connectivity index (χ2v) is 4.01. The molecule has 15 heavy (non-hydrogen) atoms. The van der Waals surface area contributed by atoms with Crippen molar-refractivity contribution in [1.82, 2.24) is 0 Å². The summed E-state index contributed by atoms with van der Waals surface area (Å²) in [4.78, 5) is 0. The molecule has 0 aromatic carbocycles. The topological polar surface area (TPSA) is 60.7 Å². The molecule has 90 valence electrons. The molecule has 0 radical (unpaired) electrons. The number of rotatable bonds is 9. The summed E-state index contributed by atoms with van der Waals surface area (Å²) in [5.74, 6) is 0. The van der Waals surface area contributed by atoms with Crippen LogP contribution in [0.2, 0.25) is 0 Å². The SMILES string of the molecule is CC(O)CCCC/C=C\CC(O)CCO. The summed E-state index contributed by atoms with van der Waals surface area (Å²) in [6, 6.07) is 0. The Morgan fingerprint density at radius 2 is 1.80 bits per heavy atom. The molecule has 0 saturated carbocycles. The summed E-state index contributed by atoms with van der Waals surface area (Å²) >= 11 is 0. The maximum absolute atomic E-state index is 9.28. The molecule has 0 saturated heterocycles. The largest absolute Gasteiger partial charge is 0.396 e. The van der Waals surface area contributed by atoms with Crippen molar-refractivity contribution in [3.63, 3.8) is 0 Å². The van der Waals surface area contributed by atoms with Gasteiger partial charge in [0.05, 0.1) is 12.2 Å². The van der Waals surface area contributed by atoms with E-state index in [1.807, 2.05) is 6.08 Å². The molecule has 0 amide bonds. The molecular weight excluding hydrogens is 192 g/mol. The first-order valence-electron chi connectivity index (χ1n) is 5.78. The lowest BCUT2D eigenvalue weighted by Gasteiger charge is -2.04. The number of unbranched alkanes of at least 4 members (excludes halogenated alkanes) is 2. The van der Waals surface area contributed by atoms with Crippen molar-refractivity contribution in [2.45, 2.75) is 57.7 Å². The monoisotopic (exact) mass is 216 g/mol. The quantitative estimate of drug-likeness (QED) is 0.405. The Morgan fingerprint density at radius 1 is 1.07 bits per heavy atom. The zero-order valence-electron chi connectivity index (χ0n) is 9.60. The van der Waals surface area contributed by atoms with Crippen molar-refractivity contribution >= 4 is 0 Å². The van der Waals surface area contributed by atoms with Gasteiger partial charge in [-0.1, -0.05) is 18.6 Å². The Kier molecular flexibility index (Phi) is 9.89. The van der Waals surface area contributed by atoms with Crippen molar-refractivity contribution < 1.29 is 15.3 Å². The standard InChI is InChI=1S/C12H24O3/c1-11(14)7-5-3-2-4-6-8-12(15)9-10-13/h4,6,11-15H,2-3,5,7-10H2,1H3/b6-4-. The lowest BCUT2D eigenvalue weighted by atomic mass is 10.1. The highest BCUT2D eigenvalue weighted by Crippen LogP contribution is 2.05. The van der Waals surface area contributed by atoms with Crippen LogP contribution in [0.1, 0.15) is 45.4 Å². The van der Waals surface area contributed by atoms with E-state index < -0.39 is 6.10 Å². The molecule has 0 aliphatic carbocycles. The zero-order valence-corrected chi connectivity index (χ0v) is 9.60. The van der Waals surface area contributed by atoms with Crippen LogP contribution in [0.25, 0.3) is 0 Å². The minimum absolute atomic E-state index is 0.0450. The van der Waals surface area contributed by atoms with Crippen LogP contribution in [0.15, 0.2) is 12.2 Å². The van der Waals surface area contributed by atoms with Crippen molar-refractivity contribution in [3.05, 3.63) is 12.2 Å². The predicted octanol–water partition coefficient (Wildman–Crippen LogP) is 1.62. The van der Waals surface area contributed by atoms with E-state index in [1.54, 1.807) is 6.92 Å². The molecule has 2 unspecified atom stereocenters. The first-order valence-corrected chi connectivity index (χ1v) is 5.78. The molecule has 0 bridgehead atoms. The smallest absolute Gasteiger partial charge is 0.0596 e. The van der Waals surface area contributed by atoms with E-state index in [0.717, 1.165) is 25.7 Å². The minimum atomic E-state index is -0.413. The zero-order chi connectivity index (χ0) is 11.5. The molecule has 2 atom stereocenters. The van der Waals surface area contributed by atoms with Crippen molar-refractivity contribution in [1.29, 1.82) is 0 Å². The van der Waals surface area contributed by atoms with Crippen LogP contribution in [0.4, 0.5) is 0 Å². The van der Waals surface area contributed by atoms with E-state index >= 15 is 0 Å². The summed E-state index contributed by atoms with van der Waals surface area (Å²) in [7, 11) is 0. The Morgan fingerprint density at radius 3 is 2.40 bits per heavy atom. The van der Waals surface area contributed by atoms with Crippen molar-refractivity contribution in [3.8, 4) is 0 Å². The molecule has 3 N–H and O–H groups in total. The molecule has 0 fully saturated rings. The van der Waals surface area contributed by atoms with Gasteiger partial charge in [0.15, 0.2) is 0 Å². The second kappa shape index (κ2) is 10.1. The van der Waals surface area contributed by atoms with Gasteiger partial charge in [0.2, 0.25) is 0 Å². The summed E-state index contributed by atoms with van der Waals surface area (Å²) in [6.07, 6.45) is 8.47. The number of hydrogen-bond acceptors (Lipinski definition) is 3. The molecule has 0 rings (SSSR count). The summed E-state index contributed by atoms with van der Waals surface area (Å²) in [5, 5.41) is 26.8. The third kappa shape index (κ3) is 11.5. The second-order valence-electron chi connectivity index (χ2n) is 4.01. The summed E-state index contributed by atoms with van der Waals surface area (Å²) in [6.45, 7) is 1.85. The number of allylic oxidation sites excluding steroid dienone is 1. The van der Waals surface area contributed by atoms with Crippen LogP contribution >= 0.6 is 0 Å². The molecule has 0 aliphatic rings. The van der Waals surface area contributed by atoms with Gasteiger partial charge < -0.3 is 15.3 Å². The highest BCUT2D eigenvalue weighted by Gasteiger charge is 1.98. The number of hydrogen-bond donors (Lipinski definition) is 3. The van der Waals surface area contributed by atoms with E-state index in [-0.39, 0.29) is 12.7 Å². The van der Waals surface area contributed by atoms with Gasteiger partial charge in [-0.2, -0.15) is 0 Å². The maximum atomic E-state index is 9.28. The predicted molar refractivity (Wildman–Crippen MR) is 61.6 cm³/mol. The Hall–Kier alpha value is -0.380. The van der Waals surface area contributed by atoms with Crippen LogP contribution in [0.3, 0.4) is 0 Å². The first kappa shape index (κ1) is 14.6. The lowest BCUT2D eigenvalue weighted by molar-refractivity contribution is 0.135. The fourth-order valence-corrected chi connectivity index (χ4v) is 1.34. The molecule has 3 nitrogen and oxygen atoms in total. The molecule has 0 spiro atoms. The van der Waals surface area contributed by atoms with E-state index in [2.05, 4.69) is 6.08 Å². The van der Waals surface area contributed by atoms with Gasteiger partial charge in [-0.05, 0) is 39.0 Å². The average molecular weight is 216 g/mol. The minimum Gasteiger partial charge on any atom is -0.396 e. The summed E-state index contributed by atoms with van der Waals surface area (Å²) in [5.41, 5.74) is 0.